The Morgan fingerprint density at radius 3 is 2.69 bits per heavy atom. The third-order valence-electron chi connectivity index (χ3n) is 2.45. The fourth-order valence-corrected chi connectivity index (χ4v) is 1.58. The number of nitrogens with one attached hydrogen (secondary N) is 1. The summed E-state index contributed by atoms with van der Waals surface area (Å²) in [5.41, 5.74) is 5.35. The molecule has 0 aromatic carbocycles. The molecule has 1 aliphatic rings. The van der Waals surface area contributed by atoms with Crippen LogP contribution in [0, 0.1) is 5.41 Å². The van der Waals surface area contributed by atoms with Crippen LogP contribution in [0.4, 0.5) is 0 Å². The molecule has 0 aliphatic carbocycles. The minimum absolute atomic E-state index is 0.0307. The zero-order valence-corrected chi connectivity index (χ0v) is 8.63. The molecule has 1 rings (SSSR count). The van der Waals surface area contributed by atoms with E-state index >= 15 is 0 Å². The van der Waals surface area contributed by atoms with E-state index in [-0.39, 0.29) is 17.5 Å². The van der Waals surface area contributed by atoms with Gasteiger partial charge in [-0.15, -0.1) is 0 Å². The van der Waals surface area contributed by atoms with Crippen LogP contribution in [0.2, 0.25) is 0 Å². The fraction of sp³-hybridized carbons (Fsp3) is 0.889. The van der Waals surface area contributed by atoms with E-state index < -0.39 is 0 Å². The number of amidine groups is 1. The third-order valence-corrected chi connectivity index (χ3v) is 2.45. The maximum absolute atomic E-state index is 7.36. The van der Waals surface area contributed by atoms with Gasteiger partial charge in [0.25, 0.3) is 0 Å². The first-order chi connectivity index (χ1) is 5.92. The number of hydrogen-bond acceptors (Lipinski definition) is 3. The van der Waals surface area contributed by atoms with Crippen molar-refractivity contribution in [3.8, 4) is 0 Å². The van der Waals surface area contributed by atoms with Gasteiger partial charge in [0, 0.05) is 13.1 Å². The molecule has 0 aromatic heterocycles. The molecule has 76 valence electrons. The zero-order valence-electron chi connectivity index (χ0n) is 8.63. The number of rotatable bonds is 2. The van der Waals surface area contributed by atoms with Crippen molar-refractivity contribution in [2.75, 3.05) is 19.7 Å². The first-order valence-electron chi connectivity index (χ1n) is 4.64. The van der Waals surface area contributed by atoms with E-state index in [1.54, 1.807) is 0 Å². The van der Waals surface area contributed by atoms with Gasteiger partial charge >= 0.3 is 0 Å². The van der Waals surface area contributed by atoms with Crippen molar-refractivity contribution >= 4 is 5.84 Å². The summed E-state index contributed by atoms with van der Waals surface area (Å²) in [4.78, 5) is 2.19. The second-order valence-electron chi connectivity index (χ2n) is 4.21. The van der Waals surface area contributed by atoms with Gasteiger partial charge in [-0.25, -0.2) is 0 Å². The summed E-state index contributed by atoms with van der Waals surface area (Å²) in [5, 5.41) is 7.36. The Kier molecular flexibility index (Phi) is 2.93. The van der Waals surface area contributed by atoms with Gasteiger partial charge < -0.3 is 10.5 Å². The quantitative estimate of drug-likeness (QED) is 0.484. The van der Waals surface area contributed by atoms with Crippen LogP contribution in [0.1, 0.15) is 20.8 Å². The van der Waals surface area contributed by atoms with E-state index in [1.165, 1.54) is 0 Å². The monoisotopic (exact) mass is 185 g/mol. The molecule has 4 nitrogen and oxygen atoms in total. The Hall–Kier alpha value is -0.610. The number of nitrogens with zero attached hydrogens (tertiary/aromatic N) is 1. The lowest BCUT2D eigenvalue weighted by molar-refractivity contribution is -0.0895. The summed E-state index contributed by atoms with van der Waals surface area (Å²) >= 11 is 0. The Balaban J connectivity index is 2.56. The van der Waals surface area contributed by atoms with Crippen molar-refractivity contribution in [1.82, 2.24) is 4.90 Å². The highest BCUT2D eigenvalue weighted by Gasteiger charge is 2.30. The Morgan fingerprint density at radius 1 is 1.62 bits per heavy atom. The van der Waals surface area contributed by atoms with Gasteiger partial charge in [-0.1, -0.05) is 0 Å². The van der Waals surface area contributed by atoms with Crippen molar-refractivity contribution in [2.24, 2.45) is 5.73 Å². The molecule has 0 aromatic rings. The van der Waals surface area contributed by atoms with Crippen molar-refractivity contribution in [1.29, 1.82) is 5.41 Å². The molecule has 0 saturated carbocycles. The number of hydrogen-bond donors (Lipinski definition) is 2. The van der Waals surface area contributed by atoms with Gasteiger partial charge in [0.15, 0.2) is 0 Å². The van der Waals surface area contributed by atoms with Gasteiger partial charge in [0.2, 0.25) is 0 Å². The molecular weight excluding hydrogens is 166 g/mol. The van der Waals surface area contributed by atoms with Gasteiger partial charge in [-0.2, -0.15) is 0 Å². The molecule has 1 saturated heterocycles. The molecule has 1 heterocycles. The van der Waals surface area contributed by atoms with Crippen LogP contribution in [0.5, 0.6) is 0 Å². The van der Waals surface area contributed by atoms with Crippen molar-refractivity contribution in [3.05, 3.63) is 0 Å². The van der Waals surface area contributed by atoms with E-state index in [0.29, 0.717) is 0 Å². The minimum atomic E-state index is -0.109. The number of morpholine rings is 1. The first-order valence-corrected chi connectivity index (χ1v) is 4.64. The minimum Gasteiger partial charge on any atom is -0.386 e. The molecule has 1 fully saturated rings. The molecule has 4 heteroatoms. The predicted octanol–water partition coefficient (Wildman–Crippen LogP) is 0.422. The van der Waals surface area contributed by atoms with E-state index in [4.69, 9.17) is 15.9 Å². The highest BCUT2D eigenvalue weighted by Crippen LogP contribution is 2.17. The summed E-state index contributed by atoms with van der Waals surface area (Å²) in [6, 6.07) is 0.0307. The van der Waals surface area contributed by atoms with Gasteiger partial charge in [0.05, 0.1) is 18.2 Å². The van der Waals surface area contributed by atoms with Crippen LogP contribution >= 0.6 is 0 Å². The molecule has 0 amide bonds. The standard InChI is InChI=1S/C9H19N3O/c1-7(8(10)11)12-4-5-13-9(2,3)6-12/h7H,4-6H2,1-3H3,(H3,10,11). The van der Waals surface area contributed by atoms with Gasteiger partial charge in [-0.05, 0) is 20.8 Å². The van der Waals surface area contributed by atoms with Crippen LogP contribution in [0.3, 0.4) is 0 Å². The summed E-state index contributed by atoms with van der Waals surface area (Å²) in [5.74, 6) is 0.234. The maximum atomic E-state index is 7.36. The second-order valence-corrected chi connectivity index (χ2v) is 4.21. The van der Waals surface area contributed by atoms with Crippen LogP contribution in [0.15, 0.2) is 0 Å². The van der Waals surface area contributed by atoms with E-state index in [9.17, 15) is 0 Å². The third kappa shape index (κ3) is 2.67. The van der Waals surface area contributed by atoms with Crippen molar-refractivity contribution in [3.63, 3.8) is 0 Å². The molecule has 3 N–H and O–H groups in total. The van der Waals surface area contributed by atoms with Gasteiger partial charge in [-0.3, -0.25) is 10.3 Å². The number of ether oxygens (including phenoxy) is 1. The van der Waals surface area contributed by atoms with Crippen LogP contribution < -0.4 is 5.73 Å². The van der Waals surface area contributed by atoms with Crippen molar-refractivity contribution in [2.45, 2.75) is 32.4 Å². The molecule has 1 atom stereocenters. The molecule has 0 radical (unpaired) electrons. The second kappa shape index (κ2) is 3.64. The highest BCUT2D eigenvalue weighted by atomic mass is 16.5. The summed E-state index contributed by atoms with van der Waals surface area (Å²) in [6.07, 6.45) is 0. The Labute approximate surface area is 79.6 Å². The molecule has 1 aliphatic heterocycles. The Morgan fingerprint density at radius 2 is 2.23 bits per heavy atom. The number of nitrogens with two attached hydrogens (primary N) is 1. The smallest absolute Gasteiger partial charge is 0.108 e. The Bertz CT molecular complexity index is 203. The normalized spacial score (nSPS) is 25.5. The predicted molar refractivity (Wildman–Crippen MR) is 53.0 cm³/mol. The van der Waals surface area contributed by atoms with Crippen LogP contribution in [-0.4, -0.2) is 42.1 Å². The summed E-state index contributed by atoms with van der Waals surface area (Å²) in [7, 11) is 0. The average molecular weight is 185 g/mol. The van der Waals surface area contributed by atoms with E-state index in [2.05, 4.69) is 18.7 Å². The average Bonchev–Trinajstić information content (AvgIpc) is 2.01. The maximum Gasteiger partial charge on any atom is 0.108 e. The summed E-state index contributed by atoms with van der Waals surface area (Å²) in [6.45, 7) is 8.52. The lowest BCUT2D eigenvalue weighted by Gasteiger charge is -2.40. The fourth-order valence-electron chi connectivity index (χ4n) is 1.58. The first kappa shape index (κ1) is 10.5. The van der Waals surface area contributed by atoms with Crippen molar-refractivity contribution < 1.29 is 4.74 Å². The van der Waals surface area contributed by atoms with Crippen LogP contribution in [0.25, 0.3) is 0 Å². The topological polar surface area (TPSA) is 62.3 Å². The summed E-state index contributed by atoms with van der Waals surface area (Å²) < 4.78 is 5.57. The molecule has 0 spiro atoms. The lowest BCUT2D eigenvalue weighted by Crippen LogP contribution is -2.54. The SMILES string of the molecule is CC(C(=N)N)N1CCOC(C)(C)C1. The lowest BCUT2D eigenvalue weighted by atomic mass is 10.1. The van der Waals surface area contributed by atoms with E-state index in [0.717, 1.165) is 19.7 Å². The zero-order chi connectivity index (χ0) is 10.1. The largest absolute Gasteiger partial charge is 0.386 e. The highest BCUT2D eigenvalue weighted by molar-refractivity contribution is 5.82. The van der Waals surface area contributed by atoms with Gasteiger partial charge in [0.1, 0.15) is 5.84 Å². The van der Waals surface area contributed by atoms with Crippen LogP contribution in [-0.2, 0) is 4.74 Å². The molecular formula is C9H19N3O. The molecule has 13 heavy (non-hydrogen) atoms. The van der Waals surface area contributed by atoms with E-state index in [1.807, 2.05) is 6.92 Å². The molecule has 1 unspecified atom stereocenters. The molecule has 0 bridgehead atoms.